The van der Waals surface area contributed by atoms with Crippen LogP contribution in [0.4, 0.5) is 0 Å². The van der Waals surface area contributed by atoms with Crippen LogP contribution in [-0.2, 0) is 9.84 Å². The normalized spacial score (nSPS) is 11.7. The SMILES string of the molecule is CS(=O)(=O)c1cc(Cl)c(-c2cc(Cl)ccc2Cl)c(Cl)c1Cl. The molecule has 0 fully saturated rings. The second-order valence-electron chi connectivity index (χ2n) is 4.26. The zero-order chi connectivity index (χ0) is 15.9. The van der Waals surface area contributed by atoms with E-state index >= 15 is 0 Å². The van der Waals surface area contributed by atoms with Crippen molar-refractivity contribution in [1.29, 1.82) is 0 Å². The summed E-state index contributed by atoms with van der Waals surface area (Å²) in [5, 5.41) is 0.827. The standard InChI is InChI=1S/C13H7Cl5O2S/c1-21(19,20)10-5-9(16)11(13(18)12(10)17)7-4-6(14)2-3-8(7)15/h2-5H,1H3. The van der Waals surface area contributed by atoms with E-state index in [1.54, 1.807) is 18.2 Å². The highest BCUT2D eigenvalue weighted by atomic mass is 35.5. The molecule has 0 aliphatic heterocycles. The summed E-state index contributed by atoms with van der Waals surface area (Å²) >= 11 is 30.5. The Balaban J connectivity index is 2.84. The van der Waals surface area contributed by atoms with Crippen LogP contribution in [0.3, 0.4) is 0 Å². The third-order valence-corrected chi connectivity index (χ3v) is 5.69. The molecule has 0 bridgehead atoms. The van der Waals surface area contributed by atoms with E-state index in [0.717, 1.165) is 6.26 Å². The van der Waals surface area contributed by atoms with Crippen molar-refractivity contribution in [3.05, 3.63) is 49.4 Å². The van der Waals surface area contributed by atoms with Crippen molar-refractivity contribution in [3.8, 4) is 11.1 Å². The highest BCUT2D eigenvalue weighted by Crippen LogP contribution is 2.45. The van der Waals surface area contributed by atoms with Gasteiger partial charge in [0.15, 0.2) is 9.84 Å². The predicted molar refractivity (Wildman–Crippen MR) is 90.0 cm³/mol. The van der Waals surface area contributed by atoms with Gasteiger partial charge in [-0.25, -0.2) is 8.42 Å². The maximum Gasteiger partial charge on any atom is 0.177 e. The van der Waals surface area contributed by atoms with Crippen LogP contribution in [0.5, 0.6) is 0 Å². The monoisotopic (exact) mass is 402 g/mol. The van der Waals surface area contributed by atoms with Gasteiger partial charge >= 0.3 is 0 Å². The van der Waals surface area contributed by atoms with Gasteiger partial charge in [0.25, 0.3) is 0 Å². The van der Waals surface area contributed by atoms with Crippen LogP contribution in [-0.4, -0.2) is 14.7 Å². The minimum atomic E-state index is -3.56. The second-order valence-corrected chi connectivity index (χ2v) is 8.25. The molecular weight excluding hydrogens is 397 g/mol. The zero-order valence-electron chi connectivity index (χ0n) is 10.4. The number of halogens is 5. The minimum absolute atomic E-state index is 0.00811. The van der Waals surface area contributed by atoms with Crippen LogP contribution in [0.2, 0.25) is 25.1 Å². The Kier molecular flexibility index (Phi) is 5.04. The van der Waals surface area contributed by atoms with Gasteiger partial charge in [-0.1, -0.05) is 58.0 Å². The molecule has 0 N–H and O–H groups in total. The fourth-order valence-corrected chi connectivity index (χ4v) is 4.27. The van der Waals surface area contributed by atoms with Gasteiger partial charge in [-0.15, -0.1) is 0 Å². The third-order valence-electron chi connectivity index (χ3n) is 2.72. The maximum atomic E-state index is 11.7. The maximum absolute atomic E-state index is 11.7. The summed E-state index contributed by atoms with van der Waals surface area (Å²) in [6.07, 6.45) is 1.02. The van der Waals surface area contributed by atoms with Crippen molar-refractivity contribution in [1.82, 2.24) is 0 Å². The first kappa shape index (κ1) is 17.2. The van der Waals surface area contributed by atoms with Crippen molar-refractivity contribution < 1.29 is 8.42 Å². The Bertz CT molecular complexity index is 831. The van der Waals surface area contributed by atoms with Crippen LogP contribution in [0.15, 0.2) is 29.2 Å². The summed E-state index contributed by atoms with van der Waals surface area (Å²) < 4.78 is 23.4. The molecular formula is C13H7Cl5O2S. The van der Waals surface area contributed by atoms with Crippen LogP contribution in [0, 0.1) is 0 Å². The molecule has 2 aromatic rings. The summed E-state index contributed by atoms with van der Waals surface area (Å²) in [5.41, 5.74) is 0.810. The Labute approximate surface area is 147 Å². The molecule has 0 atom stereocenters. The molecule has 2 aromatic carbocycles. The summed E-state index contributed by atoms with van der Waals surface area (Å²) in [7, 11) is -3.56. The van der Waals surface area contributed by atoms with E-state index < -0.39 is 9.84 Å². The molecule has 0 aliphatic rings. The molecule has 0 spiro atoms. The fourth-order valence-electron chi connectivity index (χ4n) is 1.78. The van der Waals surface area contributed by atoms with E-state index in [4.69, 9.17) is 58.0 Å². The lowest BCUT2D eigenvalue weighted by Gasteiger charge is -2.13. The highest BCUT2D eigenvalue weighted by molar-refractivity contribution is 7.90. The lowest BCUT2D eigenvalue weighted by atomic mass is 10.1. The van der Waals surface area contributed by atoms with Gasteiger partial charge in [0.2, 0.25) is 0 Å². The molecule has 0 amide bonds. The van der Waals surface area contributed by atoms with E-state index in [9.17, 15) is 8.42 Å². The smallest absolute Gasteiger partial charge is 0.177 e. The Morgan fingerprint density at radius 2 is 1.48 bits per heavy atom. The lowest BCUT2D eigenvalue weighted by Crippen LogP contribution is -2.00. The van der Waals surface area contributed by atoms with E-state index in [0.29, 0.717) is 21.2 Å². The molecule has 8 heteroatoms. The molecule has 0 aliphatic carbocycles. The molecule has 2 rings (SSSR count). The average Bonchev–Trinajstić information content (AvgIpc) is 2.36. The molecule has 2 nitrogen and oxygen atoms in total. The number of rotatable bonds is 2. The first-order valence-electron chi connectivity index (χ1n) is 5.46. The van der Waals surface area contributed by atoms with Crippen molar-refractivity contribution in [2.75, 3.05) is 6.26 Å². The Morgan fingerprint density at radius 1 is 0.857 bits per heavy atom. The van der Waals surface area contributed by atoms with Crippen molar-refractivity contribution in [2.24, 2.45) is 0 Å². The van der Waals surface area contributed by atoms with Crippen LogP contribution in [0.25, 0.3) is 11.1 Å². The van der Waals surface area contributed by atoms with Gasteiger partial charge in [0, 0.05) is 27.4 Å². The molecule has 0 heterocycles. The van der Waals surface area contributed by atoms with Crippen LogP contribution >= 0.6 is 58.0 Å². The first-order chi connectivity index (χ1) is 9.62. The van der Waals surface area contributed by atoms with Crippen molar-refractivity contribution in [2.45, 2.75) is 4.90 Å². The zero-order valence-corrected chi connectivity index (χ0v) is 15.0. The van der Waals surface area contributed by atoms with Crippen LogP contribution in [0.1, 0.15) is 0 Å². The number of sulfone groups is 1. The average molecular weight is 405 g/mol. The van der Waals surface area contributed by atoms with Crippen molar-refractivity contribution in [3.63, 3.8) is 0 Å². The van der Waals surface area contributed by atoms with Crippen molar-refractivity contribution >= 4 is 67.8 Å². The molecule has 0 radical (unpaired) electrons. The topological polar surface area (TPSA) is 34.1 Å². The number of hydrogen-bond acceptors (Lipinski definition) is 2. The van der Waals surface area contributed by atoms with Crippen LogP contribution < -0.4 is 0 Å². The predicted octanol–water partition coefficient (Wildman–Crippen LogP) is 6.02. The van der Waals surface area contributed by atoms with Gasteiger partial charge in [0.1, 0.15) is 0 Å². The molecule has 0 saturated heterocycles. The molecule has 112 valence electrons. The van der Waals surface area contributed by atoms with E-state index in [1.807, 2.05) is 0 Å². The summed E-state index contributed by atoms with van der Waals surface area (Å²) in [5.74, 6) is 0. The fraction of sp³-hybridized carbons (Fsp3) is 0.0769. The summed E-state index contributed by atoms with van der Waals surface area (Å²) in [4.78, 5) is -0.138. The molecule has 0 unspecified atom stereocenters. The van der Waals surface area contributed by atoms with E-state index in [2.05, 4.69) is 0 Å². The Morgan fingerprint density at radius 3 is 2.05 bits per heavy atom. The summed E-state index contributed by atoms with van der Waals surface area (Å²) in [6, 6.07) is 6.02. The van der Waals surface area contributed by atoms with Gasteiger partial charge in [-0.2, -0.15) is 0 Å². The second kappa shape index (κ2) is 6.15. The van der Waals surface area contributed by atoms with Gasteiger partial charge in [0.05, 0.1) is 20.0 Å². The lowest BCUT2D eigenvalue weighted by molar-refractivity contribution is 0.602. The quantitative estimate of drug-likeness (QED) is 0.573. The molecule has 21 heavy (non-hydrogen) atoms. The first-order valence-corrected chi connectivity index (χ1v) is 9.24. The Hall–Kier alpha value is -0.160. The minimum Gasteiger partial charge on any atom is -0.224 e. The van der Waals surface area contributed by atoms with Gasteiger partial charge in [-0.05, 0) is 24.3 Å². The summed E-state index contributed by atoms with van der Waals surface area (Å²) in [6.45, 7) is 0. The third kappa shape index (κ3) is 3.44. The largest absolute Gasteiger partial charge is 0.224 e. The van der Waals surface area contributed by atoms with E-state index in [1.165, 1.54) is 6.07 Å². The van der Waals surface area contributed by atoms with Gasteiger partial charge < -0.3 is 0 Å². The van der Waals surface area contributed by atoms with E-state index in [-0.39, 0.29) is 20.0 Å². The highest BCUT2D eigenvalue weighted by Gasteiger charge is 2.22. The number of hydrogen-bond donors (Lipinski definition) is 0. The number of benzene rings is 2. The molecule has 0 aromatic heterocycles. The van der Waals surface area contributed by atoms with Gasteiger partial charge in [-0.3, -0.25) is 0 Å². The molecule has 0 saturated carbocycles.